The molecule has 1 aromatic heterocycles. The Kier molecular flexibility index (Phi) is 4.85. The van der Waals surface area contributed by atoms with Gasteiger partial charge in [0.2, 0.25) is 0 Å². The van der Waals surface area contributed by atoms with Gasteiger partial charge in [-0.3, -0.25) is 0 Å². The second kappa shape index (κ2) is 7.22. The Hall–Kier alpha value is -2.14. The zero-order chi connectivity index (χ0) is 15.2. The van der Waals surface area contributed by atoms with Crippen LogP contribution in [-0.2, 0) is 6.42 Å². The fraction of sp³-hybridized carbons (Fsp3) is 0.412. The lowest BCUT2D eigenvalue weighted by molar-refractivity contribution is 0.312. The van der Waals surface area contributed by atoms with Gasteiger partial charge in [0.25, 0.3) is 0 Å². The third-order valence-corrected chi connectivity index (χ3v) is 4.07. The van der Waals surface area contributed by atoms with Crippen molar-refractivity contribution in [2.75, 3.05) is 50.0 Å². The number of aromatic nitrogens is 2. The van der Waals surface area contributed by atoms with Crippen molar-refractivity contribution in [1.29, 1.82) is 0 Å². The molecule has 2 aromatic rings. The summed E-state index contributed by atoms with van der Waals surface area (Å²) in [7, 11) is 2.17. The molecular weight excluding hydrogens is 274 g/mol. The number of rotatable bonds is 5. The predicted octanol–water partition coefficient (Wildman–Crippen LogP) is 1.88. The lowest BCUT2D eigenvalue weighted by Gasteiger charge is -2.33. The van der Waals surface area contributed by atoms with Crippen LogP contribution in [0.2, 0.25) is 0 Å². The number of anilines is 2. The number of likely N-dealkylation sites (N-methyl/N-ethyl adjacent to an activating group) is 1. The van der Waals surface area contributed by atoms with Crippen LogP contribution in [-0.4, -0.2) is 54.9 Å². The second-order valence-corrected chi connectivity index (χ2v) is 5.75. The van der Waals surface area contributed by atoms with Crippen LogP contribution < -0.4 is 10.2 Å². The molecule has 0 radical (unpaired) electrons. The quantitative estimate of drug-likeness (QED) is 0.913. The predicted molar refractivity (Wildman–Crippen MR) is 90.4 cm³/mol. The van der Waals surface area contributed by atoms with E-state index in [0.29, 0.717) is 0 Å². The molecule has 1 fully saturated rings. The van der Waals surface area contributed by atoms with Gasteiger partial charge in [0.05, 0.1) is 11.9 Å². The van der Waals surface area contributed by atoms with E-state index in [-0.39, 0.29) is 0 Å². The van der Waals surface area contributed by atoms with E-state index in [2.05, 4.69) is 62.7 Å². The number of nitrogens with one attached hydrogen (secondary N) is 1. The van der Waals surface area contributed by atoms with E-state index in [1.165, 1.54) is 5.56 Å². The highest BCUT2D eigenvalue weighted by Crippen LogP contribution is 2.17. The molecule has 5 heteroatoms. The van der Waals surface area contributed by atoms with E-state index in [0.717, 1.165) is 50.6 Å². The summed E-state index contributed by atoms with van der Waals surface area (Å²) < 4.78 is 0. The fourth-order valence-corrected chi connectivity index (χ4v) is 2.66. The summed E-state index contributed by atoms with van der Waals surface area (Å²) in [6.45, 7) is 5.15. The Labute approximate surface area is 132 Å². The number of hydrogen-bond acceptors (Lipinski definition) is 5. The number of piperazine rings is 1. The van der Waals surface area contributed by atoms with Crippen LogP contribution >= 0.6 is 0 Å². The minimum absolute atomic E-state index is 0.854. The smallest absolute Gasteiger partial charge is 0.150 e. The molecule has 0 amide bonds. The molecule has 0 spiro atoms. The molecule has 1 aromatic carbocycles. The van der Waals surface area contributed by atoms with Gasteiger partial charge in [-0.05, 0) is 19.0 Å². The fourth-order valence-electron chi connectivity index (χ4n) is 2.66. The highest BCUT2D eigenvalue weighted by molar-refractivity contribution is 5.52. The molecule has 0 aliphatic carbocycles. The second-order valence-electron chi connectivity index (χ2n) is 5.75. The van der Waals surface area contributed by atoms with Gasteiger partial charge in [-0.15, -0.1) is 5.10 Å². The molecule has 5 nitrogen and oxygen atoms in total. The van der Waals surface area contributed by atoms with Gasteiger partial charge in [-0.1, -0.05) is 30.3 Å². The van der Waals surface area contributed by atoms with Crippen molar-refractivity contribution in [2.45, 2.75) is 6.42 Å². The Morgan fingerprint density at radius 1 is 1.09 bits per heavy atom. The maximum Gasteiger partial charge on any atom is 0.150 e. The maximum atomic E-state index is 4.18. The van der Waals surface area contributed by atoms with Crippen molar-refractivity contribution in [3.05, 3.63) is 48.2 Å². The Morgan fingerprint density at radius 2 is 1.86 bits per heavy atom. The van der Waals surface area contributed by atoms with Gasteiger partial charge in [-0.25, -0.2) is 0 Å². The molecule has 22 heavy (non-hydrogen) atoms. The van der Waals surface area contributed by atoms with Gasteiger partial charge >= 0.3 is 0 Å². The molecule has 1 saturated heterocycles. The Bertz CT molecular complexity index is 579. The van der Waals surface area contributed by atoms with Crippen molar-refractivity contribution < 1.29 is 0 Å². The summed E-state index contributed by atoms with van der Waals surface area (Å²) in [5.41, 5.74) is 2.49. The van der Waals surface area contributed by atoms with E-state index in [1.54, 1.807) is 0 Å². The summed E-state index contributed by atoms with van der Waals surface area (Å²) in [4.78, 5) is 4.72. The van der Waals surface area contributed by atoms with Crippen molar-refractivity contribution >= 4 is 11.5 Å². The van der Waals surface area contributed by atoms with E-state index in [9.17, 15) is 0 Å². The third kappa shape index (κ3) is 3.95. The first-order chi connectivity index (χ1) is 10.8. The van der Waals surface area contributed by atoms with Crippen LogP contribution in [0.3, 0.4) is 0 Å². The highest BCUT2D eigenvalue weighted by atomic mass is 15.3. The van der Waals surface area contributed by atoms with Crippen LogP contribution in [0.4, 0.5) is 11.5 Å². The van der Waals surface area contributed by atoms with E-state index in [1.807, 2.05) is 12.3 Å². The number of benzene rings is 1. The number of nitrogens with zero attached hydrogens (tertiary/aromatic N) is 4. The molecule has 2 heterocycles. The molecule has 116 valence electrons. The highest BCUT2D eigenvalue weighted by Gasteiger charge is 2.14. The molecule has 1 aliphatic rings. The summed E-state index contributed by atoms with van der Waals surface area (Å²) in [6.07, 6.45) is 2.84. The largest absolute Gasteiger partial charge is 0.368 e. The van der Waals surface area contributed by atoms with Gasteiger partial charge < -0.3 is 15.1 Å². The molecule has 1 N–H and O–H groups in total. The molecule has 1 aliphatic heterocycles. The standard InChI is InChI=1S/C17H23N5/c1-21-9-11-22(12-10-21)16-13-17(20-19-14-16)18-8-7-15-5-3-2-4-6-15/h2-6,13-14H,7-12H2,1H3,(H,18,20). The van der Waals surface area contributed by atoms with E-state index < -0.39 is 0 Å². The van der Waals surface area contributed by atoms with Gasteiger partial charge in [0.15, 0.2) is 5.82 Å². The SMILES string of the molecule is CN1CCN(c2cnnc(NCCc3ccccc3)c2)CC1. The van der Waals surface area contributed by atoms with Crippen LogP contribution in [0.25, 0.3) is 0 Å². The molecule has 0 unspecified atom stereocenters. The normalized spacial score (nSPS) is 15.8. The van der Waals surface area contributed by atoms with Gasteiger partial charge in [0, 0.05) is 38.8 Å². The van der Waals surface area contributed by atoms with Crippen molar-refractivity contribution in [1.82, 2.24) is 15.1 Å². The van der Waals surface area contributed by atoms with Crippen LogP contribution in [0, 0.1) is 0 Å². The average molecular weight is 297 g/mol. The summed E-state index contributed by atoms with van der Waals surface area (Å²) in [5.74, 6) is 0.854. The Balaban J connectivity index is 1.55. The lowest BCUT2D eigenvalue weighted by Crippen LogP contribution is -2.44. The minimum atomic E-state index is 0.854. The maximum absolute atomic E-state index is 4.18. The first kappa shape index (κ1) is 14.8. The number of hydrogen-bond donors (Lipinski definition) is 1. The third-order valence-electron chi connectivity index (χ3n) is 4.07. The molecule has 0 bridgehead atoms. The minimum Gasteiger partial charge on any atom is -0.368 e. The van der Waals surface area contributed by atoms with E-state index in [4.69, 9.17) is 0 Å². The molecule has 0 atom stereocenters. The summed E-state index contributed by atoms with van der Waals surface area (Å²) in [5, 5.41) is 11.7. The Morgan fingerprint density at radius 3 is 2.64 bits per heavy atom. The van der Waals surface area contributed by atoms with Crippen LogP contribution in [0.1, 0.15) is 5.56 Å². The van der Waals surface area contributed by atoms with Crippen LogP contribution in [0.5, 0.6) is 0 Å². The summed E-state index contributed by atoms with van der Waals surface area (Å²) >= 11 is 0. The van der Waals surface area contributed by atoms with Crippen molar-refractivity contribution in [2.24, 2.45) is 0 Å². The topological polar surface area (TPSA) is 44.3 Å². The monoisotopic (exact) mass is 297 g/mol. The first-order valence-corrected chi connectivity index (χ1v) is 7.85. The van der Waals surface area contributed by atoms with Gasteiger partial charge in [-0.2, -0.15) is 5.10 Å². The summed E-state index contributed by atoms with van der Waals surface area (Å²) in [6, 6.07) is 12.6. The zero-order valence-electron chi connectivity index (χ0n) is 13.1. The van der Waals surface area contributed by atoms with E-state index >= 15 is 0 Å². The molecule has 3 rings (SSSR count). The zero-order valence-corrected chi connectivity index (χ0v) is 13.1. The first-order valence-electron chi connectivity index (χ1n) is 7.85. The molecular formula is C17H23N5. The average Bonchev–Trinajstić information content (AvgIpc) is 2.57. The van der Waals surface area contributed by atoms with Crippen molar-refractivity contribution in [3.8, 4) is 0 Å². The molecule has 0 saturated carbocycles. The van der Waals surface area contributed by atoms with Crippen LogP contribution in [0.15, 0.2) is 42.6 Å². The van der Waals surface area contributed by atoms with Gasteiger partial charge in [0.1, 0.15) is 0 Å². The van der Waals surface area contributed by atoms with Crippen molar-refractivity contribution in [3.63, 3.8) is 0 Å². The lowest BCUT2D eigenvalue weighted by atomic mass is 10.1.